The number of alkyl halides is 3. The van der Waals surface area contributed by atoms with Gasteiger partial charge in [0.25, 0.3) is 11.8 Å². The molecule has 2 rings (SSSR count). The van der Waals surface area contributed by atoms with E-state index in [0.29, 0.717) is 11.3 Å². The highest BCUT2D eigenvalue weighted by atomic mass is 19.4. The second-order valence-corrected chi connectivity index (χ2v) is 5.71. The monoisotopic (exact) mass is 368 g/mol. The molecule has 1 aromatic heterocycles. The van der Waals surface area contributed by atoms with Gasteiger partial charge in [0, 0.05) is 24.3 Å². The number of amides is 2. The van der Waals surface area contributed by atoms with Crippen molar-refractivity contribution >= 4 is 17.5 Å². The molecular formula is C18H19F3N2O3. The minimum Gasteiger partial charge on any atom is -0.459 e. The number of nitrogens with zero attached hydrogens (tertiary/aromatic N) is 1. The molecule has 5 nitrogen and oxygen atoms in total. The molecule has 2 amide bonds. The van der Waals surface area contributed by atoms with Gasteiger partial charge >= 0.3 is 6.18 Å². The first-order chi connectivity index (χ1) is 12.2. The summed E-state index contributed by atoms with van der Waals surface area (Å²) in [6.07, 6.45) is -4.04. The zero-order valence-corrected chi connectivity index (χ0v) is 14.4. The summed E-state index contributed by atoms with van der Waals surface area (Å²) in [6, 6.07) is 7.67. The number of hydrogen-bond donors (Lipinski definition) is 1. The van der Waals surface area contributed by atoms with E-state index in [1.165, 1.54) is 24.5 Å². The predicted octanol–water partition coefficient (Wildman–Crippen LogP) is 4.25. The third kappa shape index (κ3) is 5.11. The van der Waals surface area contributed by atoms with E-state index in [1.807, 2.05) is 0 Å². The van der Waals surface area contributed by atoms with E-state index in [0.717, 1.165) is 4.90 Å². The smallest absolute Gasteiger partial charge is 0.390 e. The third-order valence-corrected chi connectivity index (χ3v) is 3.81. The Morgan fingerprint density at radius 2 is 1.96 bits per heavy atom. The summed E-state index contributed by atoms with van der Waals surface area (Å²) in [6.45, 7) is 3.09. The zero-order valence-electron chi connectivity index (χ0n) is 14.4. The Hall–Kier alpha value is -2.77. The lowest BCUT2D eigenvalue weighted by Gasteiger charge is -2.22. The summed E-state index contributed by atoms with van der Waals surface area (Å²) in [5.74, 6) is -0.890. The van der Waals surface area contributed by atoms with Crippen LogP contribution >= 0.6 is 0 Å². The van der Waals surface area contributed by atoms with Gasteiger partial charge in [-0.15, -0.1) is 0 Å². The van der Waals surface area contributed by atoms with Gasteiger partial charge in [-0.25, -0.2) is 0 Å². The molecule has 0 fully saturated rings. The summed E-state index contributed by atoms with van der Waals surface area (Å²) < 4.78 is 42.3. The van der Waals surface area contributed by atoms with E-state index in [-0.39, 0.29) is 17.9 Å². The van der Waals surface area contributed by atoms with Crippen LogP contribution in [0.5, 0.6) is 0 Å². The number of aryl methyl sites for hydroxylation is 1. The van der Waals surface area contributed by atoms with Crippen LogP contribution in [0.3, 0.4) is 0 Å². The minimum atomic E-state index is -4.33. The molecule has 1 heterocycles. The van der Waals surface area contributed by atoms with Gasteiger partial charge in [-0.2, -0.15) is 13.2 Å². The van der Waals surface area contributed by atoms with Gasteiger partial charge < -0.3 is 14.6 Å². The number of furan rings is 1. The molecule has 2 aromatic rings. The number of rotatable bonds is 6. The van der Waals surface area contributed by atoms with Crippen molar-refractivity contribution in [1.29, 1.82) is 0 Å². The lowest BCUT2D eigenvalue weighted by Crippen LogP contribution is -2.34. The standard InChI is InChI=1S/C18H19F3N2O3/c1-3-23(9-8-18(19,20)21)17(25)13-7-6-12(2)14(11-13)22-16(24)15-5-4-10-26-15/h4-7,10-11H,3,8-9H2,1-2H3,(H,22,24). The number of anilines is 1. The molecule has 0 aliphatic carbocycles. The second-order valence-electron chi connectivity index (χ2n) is 5.71. The fourth-order valence-electron chi connectivity index (χ4n) is 2.33. The number of carbonyl (C=O) groups excluding carboxylic acids is 2. The largest absolute Gasteiger partial charge is 0.459 e. The van der Waals surface area contributed by atoms with Gasteiger partial charge in [-0.05, 0) is 43.7 Å². The first kappa shape index (κ1) is 19.6. The molecule has 0 saturated heterocycles. The summed E-state index contributed by atoms with van der Waals surface area (Å²) >= 11 is 0. The second kappa shape index (κ2) is 8.07. The summed E-state index contributed by atoms with van der Waals surface area (Å²) in [7, 11) is 0. The van der Waals surface area contributed by atoms with Crippen molar-refractivity contribution in [3.63, 3.8) is 0 Å². The number of halogens is 3. The molecule has 1 aromatic carbocycles. The third-order valence-electron chi connectivity index (χ3n) is 3.81. The van der Waals surface area contributed by atoms with Crippen molar-refractivity contribution in [2.45, 2.75) is 26.4 Å². The van der Waals surface area contributed by atoms with E-state index in [4.69, 9.17) is 4.42 Å². The van der Waals surface area contributed by atoms with E-state index >= 15 is 0 Å². The highest BCUT2D eigenvalue weighted by molar-refractivity contribution is 6.03. The maximum absolute atomic E-state index is 12.5. The van der Waals surface area contributed by atoms with Crippen molar-refractivity contribution in [2.24, 2.45) is 0 Å². The SMILES string of the molecule is CCN(CCC(F)(F)F)C(=O)c1ccc(C)c(NC(=O)c2ccco2)c1. The number of carbonyl (C=O) groups is 2. The van der Waals surface area contributed by atoms with Crippen LogP contribution in [0.4, 0.5) is 18.9 Å². The van der Waals surface area contributed by atoms with Gasteiger partial charge in [-0.3, -0.25) is 9.59 Å². The highest BCUT2D eigenvalue weighted by Crippen LogP contribution is 2.22. The van der Waals surface area contributed by atoms with Crippen molar-refractivity contribution in [1.82, 2.24) is 4.90 Å². The summed E-state index contributed by atoms with van der Waals surface area (Å²) in [5.41, 5.74) is 1.30. The van der Waals surface area contributed by atoms with E-state index in [9.17, 15) is 22.8 Å². The van der Waals surface area contributed by atoms with Crippen LogP contribution in [0.15, 0.2) is 41.0 Å². The zero-order chi connectivity index (χ0) is 19.3. The summed E-state index contributed by atoms with van der Waals surface area (Å²) in [5, 5.41) is 2.64. The fourth-order valence-corrected chi connectivity index (χ4v) is 2.33. The van der Waals surface area contributed by atoms with E-state index < -0.39 is 31.0 Å². The van der Waals surface area contributed by atoms with Gasteiger partial charge in [0.15, 0.2) is 5.76 Å². The van der Waals surface area contributed by atoms with Crippen molar-refractivity contribution in [3.8, 4) is 0 Å². The Kier molecular flexibility index (Phi) is 6.07. The van der Waals surface area contributed by atoms with E-state index in [2.05, 4.69) is 5.32 Å². The quantitative estimate of drug-likeness (QED) is 0.829. The summed E-state index contributed by atoms with van der Waals surface area (Å²) in [4.78, 5) is 25.7. The molecule has 26 heavy (non-hydrogen) atoms. The van der Waals surface area contributed by atoms with Crippen LogP contribution in [0.1, 0.15) is 39.8 Å². The molecule has 0 unspecified atom stereocenters. The molecule has 0 aliphatic rings. The average Bonchev–Trinajstić information content (AvgIpc) is 3.11. The Balaban J connectivity index is 2.16. The topological polar surface area (TPSA) is 62.6 Å². The van der Waals surface area contributed by atoms with Crippen LogP contribution < -0.4 is 5.32 Å². The average molecular weight is 368 g/mol. The van der Waals surface area contributed by atoms with Crippen molar-refractivity contribution in [3.05, 3.63) is 53.5 Å². The molecular weight excluding hydrogens is 349 g/mol. The van der Waals surface area contributed by atoms with Crippen LogP contribution in [-0.4, -0.2) is 36.0 Å². The molecule has 1 N–H and O–H groups in total. The first-order valence-corrected chi connectivity index (χ1v) is 8.03. The van der Waals surface area contributed by atoms with Crippen LogP contribution in [-0.2, 0) is 0 Å². The van der Waals surface area contributed by atoms with Gasteiger partial charge in [0.2, 0.25) is 0 Å². The fraction of sp³-hybridized carbons (Fsp3) is 0.333. The Morgan fingerprint density at radius 1 is 1.23 bits per heavy atom. The molecule has 0 aliphatic heterocycles. The normalized spacial score (nSPS) is 11.3. The number of benzene rings is 1. The molecule has 140 valence electrons. The Labute approximate surface area is 148 Å². The van der Waals surface area contributed by atoms with Crippen LogP contribution in [0, 0.1) is 6.92 Å². The van der Waals surface area contributed by atoms with Crippen molar-refractivity contribution in [2.75, 3.05) is 18.4 Å². The van der Waals surface area contributed by atoms with Crippen LogP contribution in [0.2, 0.25) is 0 Å². The van der Waals surface area contributed by atoms with Crippen molar-refractivity contribution < 1.29 is 27.2 Å². The van der Waals surface area contributed by atoms with Crippen LogP contribution in [0.25, 0.3) is 0 Å². The molecule has 0 bridgehead atoms. The molecule has 8 heteroatoms. The number of hydrogen-bond acceptors (Lipinski definition) is 3. The molecule has 0 radical (unpaired) electrons. The molecule has 0 saturated carbocycles. The maximum atomic E-state index is 12.5. The highest BCUT2D eigenvalue weighted by Gasteiger charge is 2.29. The van der Waals surface area contributed by atoms with Gasteiger partial charge in [0.1, 0.15) is 0 Å². The lowest BCUT2D eigenvalue weighted by molar-refractivity contribution is -0.136. The minimum absolute atomic E-state index is 0.112. The van der Waals surface area contributed by atoms with E-state index in [1.54, 1.807) is 26.0 Å². The molecule has 0 spiro atoms. The van der Waals surface area contributed by atoms with Gasteiger partial charge in [0.05, 0.1) is 12.7 Å². The Bertz CT molecular complexity index is 770. The lowest BCUT2D eigenvalue weighted by atomic mass is 10.1. The predicted molar refractivity (Wildman–Crippen MR) is 90.1 cm³/mol. The first-order valence-electron chi connectivity index (χ1n) is 8.03. The number of nitrogens with one attached hydrogen (secondary N) is 1. The molecule has 0 atom stereocenters. The maximum Gasteiger partial charge on any atom is 0.390 e. The van der Waals surface area contributed by atoms with Gasteiger partial charge in [-0.1, -0.05) is 6.07 Å². The Morgan fingerprint density at radius 3 is 2.54 bits per heavy atom.